The molecule has 0 saturated carbocycles. The number of rotatable bonds is 23. The van der Waals surface area contributed by atoms with Crippen LogP contribution in [-0.4, -0.2) is 79.3 Å². The second kappa shape index (κ2) is 22.7. The fourth-order valence-corrected chi connectivity index (χ4v) is 10.4. The lowest BCUT2D eigenvalue weighted by atomic mass is 9.99. The van der Waals surface area contributed by atoms with Crippen molar-refractivity contribution in [3.05, 3.63) is 158 Å². The molecule has 0 fully saturated rings. The van der Waals surface area contributed by atoms with Crippen molar-refractivity contribution in [1.29, 1.82) is 0 Å². The molecule has 0 aliphatic rings. The topological polar surface area (TPSA) is 90.9 Å². The van der Waals surface area contributed by atoms with Crippen molar-refractivity contribution in [2.24, 2.45) is 0 Å². The van der Waals surface area contributed by atoms with E-state index in [1.807, 2.05) is 30.3 Å². The molecule has 314 valence electrons. The third-order valence-electron chi connectivity index (χ3n) is 9.89. The summed E-state index contributed by atoms with van der Waals surface area (Å²) in [4.78, 5) is 0. The summed E-state index contributed by atoms with van der Waals surface area (Å²) in [5, 5.41) is 10.4. The van der Waals surface area contributed by atoms with Gasteiger partial charge in [-0.25, -0.2) is 0 Å². The van der Waals surface area contributed by atoms with Crippen molar-refractivity contribution in [3.8, 4) is 5.75 Å². The Labute approximate surface area is 358 Å². The molecule has 0 bridgehead atoms. The van der Waals surface area contributed by atoms with Crippen LogP contribution < -0.4 is 25.2 Å². The van der Waals surface area contributed by atoms with Crippen LogP contribution in [0.25, 0.3) is 43.5 Å². The summed E-state index contributed by atoms with van der Waals surface area (Å²) in [6, 6.07) is 54.6. The van der Waals surface area contributed by atoms with E-state index >= 15 is 0 Å². The van der Waals surface area contributed by atoms with Crippen LogP contribution in [0.3, 0.4) is 0 Å². The third-order valence-corrected chi connectivity index (χ3v) is 13.4. The highest BCUT2D eigenvalue weighted by molar-refractivity contribution is 7.79. The summed E-state index contributed by atoms with van der Waals surface area (Å²) >= 11 is 0. The van der Waals surface area contributed by atoms with E-state index in [-0.39, 0.29) is 0 Å². The summed E-state index contributed by atoms with van der Waals surface area (Å²) in [5.41, 5.74) is 1.48. The van der Waals surface area contributed by atoms with Crippen LogP contribution in [0.1, 0.15) is 0 Å². The molecule has 0 N–H and O–H groups in total. The van der Waals surface area contributed by atoms with Crippen molar-refractivity contribution >= 4 is 75.6 Å². The van der Waals surface area contributed by atoms with Gasteiger partial charge in [0.15, 0.2) is 0 Å². The minimum atomic E-state index is -1.70. The molecule has 8 rings (SSSR count). The zero-order valence-corrected chi connectivity index (χ0v) is 35.9. The predicted molar refractivity (Wildman–Crippen MR) is 248 cm³/mol. The smallest absolute Gasteiger partial charge is 0.387 e. The molecular formula is C50H50O9P2. The van der Waals surface area contributed by atoms with Gasteiger partial charge < -0.3 is 36.8 Å². The van der Waals surface area contributed by atoms with Crippen LogP contribution >= 0.6 is 16.2 Å². The second-order valence-corrected chi connectivity index (χ2v) is 17.3. The van der Waals surface area contributed by atoms with Gasteiger partial charge in [0, 0.05) is 10.8 Å². The predicted octanol–water partition coefficient (Wildman–Crippen LogP) is 9.95. The number of ether oxygens (including phenoxy) is 6. The zero-order chi connectivity index (χ0) is 41.3. The normalized spacial score (nSPS) is 11.6. The Morgan fingerprint density at radius 2 is 0.803 bits per heavy atom. The van der Waals surface area contributed by atoms with Crippen LogP contribution in [-0.2, 0) is 23.7 Å². The highest BCUT2D eigenvalue weighted by Gasteiger charge is 2.17. The first-order valence-electron chi connectivity index (χ1n) is 20.7. The number of fused-ring (bicyclic) bond motifs is 7. The summed E-state index contributed by atoms with van der Waals surface area (Å²) in [6.45, 7) is 5.45. The highest BCUT2D eigenvalue weighted by atomic mass is 31.1. The Morgan fingerprint density at radius 1 is 0.377 bits per heavy atom. The molecule has 7 aromatic carbocycles. The molecule has 11 heteroatoms. The molecule has 0 saturated heterocycles. The second-order valence-electron chi connectivity index (χ2n) is 14.0. The van der Waals surface area contributed by atoms with E-state index in [1.165, 1.54) is 15.9 Å². The van der Waals surface area contributed by atoms with E-state index < -0.39 is 16.2 Å². The van der Waals surface area contributed by atoms with Gasteiger partial charge in [-0.1, -0.05) is 133 Å². The molecule has 0 amide bonds. The molecule has 0 spiro atoms. The lowest BCUT2D eigenvalue weighted by Crippen LogP contribution is -2.20. The Balaban J connectivity index is 0.667. The largest absolute Gasteiger partial charge is 0.491 e. The first-order chi connectivity index (χ1) is 30.3. The number of hydrogen-bond acceptors (Lipinski definition) is 9. The molecular weight excluding hydrogens is 806 g/mol. The fourth-order valence-electron chi connectivity index (χ4n) is 7.09. The summed E-state index contributed by atoms with van der Waals surface area (Å²) in [5.74, 6) is 0.842. The van der Waals surface area contributed by atoms with Gasteiger partial charge in [0.1, 0.15) is 23.5 Å². The van der Waals surface area contributed by atoms with Crippen LogP contribution in [0.4, 0.5) is 0 Å². The van der Waals surface area contributed by atoms with Crippen molar-refractivity contribution in [1.82, 2.24) is 0 Å². The summed E-state index contributed by atoms with van der Waals surface area (Å²) < 4.78 is 53.3. The first-order valence-corrected chi connectivity index (χ1v) is 23.1. The van der Waals surface area contributed by atoms with Gasteiger partial charge in [-0.15, -0.1) is 0 Å². The minimum absolute atomic E-state index is 0.319. The maximum Gasteiger partial charge on any atom is 0.387 e. The van der Waals surface area contributed by atoms with Crippen LogP contribution in [0.2, 0.25) is 0 Å². The van der Waals surface area contributed by atoms with Gasteiger partial charge in [0.25, 0.3) is 0 Å². The van der Waals surface area contributed by atoms with Gasteiger partial charge in [-0.3, -0.25) is 4.52 Å². The van der Waals surface area contributed by atoms with E-state index in [0.717, 1.165) is 49.2 Å². The Kier molecular flexibility index (Phi) is 15.9. The molecule has 1 heterocycles. The average Bonchev–Trinajstić information content (AvgIpc) is 3.48. The Bertz CT molecular complexity index is 2480. The molecule has 0 aliphatic heterocycles. The fraction of sp³-hybridized carbons (Fsp3) is 0.240. The highest BCUT2D eigenvalue weighted by Crippen LogP contribution is 2.40. The van der Waals surface area contributed by atoms with E-state index in [9.17, 15) is 0 Å². The van der Waals surface area contributed by atoms with Gasteiger partial charge >= 0.3 is 8.24 Å². The van der Waals surface area contributed by atoms with Gasteiger partial charge in [-0.2, -0.15) is 0 Å². The molecule has 8 aromatic rings. The average molecular weight is 857 g/mol. The van der Waals surface area contributed by atoms with Crippen LogP contribution in [0.5, 0.6) is 5.75 Å². The molecule has 61 heavy (non-hydrogen) atoms. The Hall–Kier alpha value is -5.05. The molecule has 0 aliphatic carbocycles. The Morgan fingerprint density at radius 3 is 1.31 bits per heavy atom. The van der Waals surface area contributed by atoms with Crippen molar-refractivity contribution in [2.75, 3.05) is 79.3 Å². The van der Waals surface area contributed by atoms with Crippen molar-refractivity contribution < 1.29 is 41.3 Å². The third kappa shape index (κ3) is 11.7. The minimum Gasteiger partial charge on any atom is -0.491 e. The van der Waals surface area contributed by atoms with E-state index in [4.69, 9.17) is 41.3 Å². The van der Waals surface area contributed by atoms with E-state index in [1.54, 1.807) is 0 Å². The maximum absolute atomic E-state index is 6.38. The quantitative estimate of drug-likeness (QED) is 0.0461. The van der Waals surface area contributed by atoms with Crippen LogP contribution in [0, 0.1) is 0 Å². The van der Waals surface area contributed by atoms with Crippen molar-refractivity contribution in [3.63, 3.8) is 0 Å². The first kappa shape index (κ1) is 42.6. The number of hydrogen-bond donors (Lipinski definition) is 0. The van der Waals surface area contributed by atoms with E-state index in [2.05, 4.69) is 127 Å². The number of benzene rings is 7. The monoisotopic (exact) mass is 856 g/mol. The van der Waals surface area contributed by atoms with E-state index in [0.29, 0.717) is 79.3 Å². The molecule has 0 atom stereocenters. The lowest BCUT2D eigenvalue weighted by Gasteiger charge is -2.20. The zero-order valence-electron chi connectivity index (χ0n) is 34.1. The SMILES string of the molecule is c1ccc(P(c2ccccc2)c2cccc(OCCOCCOCCOCCOCCOCCOp3oc4ccc5ccccc5c4c4c(ccc5ccccc54)o3)c2)cc1. The molecule has 9 nitrogen and oxygen atoms in total. The summed E-state index contributed by atoms with van der Waals surface area (Å²) in [7, 11) is -2.38. The van der Waals surface area contributed by atoms with Crippen molar-refractivity contribution in [2.45, 2.75) is 0 Å². The molecule has 0 radical (unpaired) electrons. The van der Waals surface area contributed by atoms with Crippen LogP contribution in [0.15, 0.2) is 166 Å². The summed E-state index contributed by atoms with van der Waals surface area (Å²) in [6.07, 6.45) is 0. The van der Waals surface area contributed by atoms with Gasteiger partial charge in [-0.05, 0) is 69.6 Å². The van der Waals surface area contributed by atoms with Gasteiger partial charge in [0.05, 0.1) is 72.7 Å². The molecule has 1 aromatic heterocycles. The van der Waals surface area contributed by atoms with Gasteiger partial charge in [0.2, 0.25) is 0 Å². The molecule has 0 unspecified atom stereocenters. The lowest BCUT2D eigenvalue weighted by molar-refractivity contribution is -0.0136. The maximum atomic E-state index is 6.38. The standard InChI is InChI=1S/C50H50O9P2/c1-3-15-42(16-4-1)60(43-17-5-2-6-18-43)44-19-11-14-41(38-44)56-36-34-54-32-30-52-28-26-51-27-29-53-31-33-55-35-37-57-61-58-47-24-22-39-12-7-9-20-45(39)49(47)50-46-21-10-8-13-40(46)23-25-48(50)59-61/h1-25,38H,26-37H2.